The van der Waals surface area contributed by atoms with Crippen molar-refractivity contribution in [3.8, 4) is 0 Å². The summed E-state index contributed by atoms with van der Waals surface area (Å²) in [4.78, 5) is 12.0. The van der Waals surface area contributed by atoms with Crippen LogP contribution in [-0.2, 0) is 0 Å². The van der Waals surface area contributed by atoms with E-state index >= 15 is 0 Å². The van der Waals surface area contributed by atoms with Gasteiger partial charge in [-0.15, -0.1) is 0 Å². The monoisotopic (exact) mass is 290 g/mol. The predicted octanol–water partition coefficient (Wildman–Crippen LogP) is 3.51. The lowest BCUT2D eigenvalue weighted by Crippen LogP contribution is -2.44. The van der Waals surface area contributed by atoms with Crippen LogP contribution in [0, 0.1) is 13.8 Å². The number of amides is 2. The van der Waals surface area contributed by atoms with Crippen molar-refractivity contribution in [3.63, 3.8) is 0 Å². The zero-order valence-corrected chi connectivity index (χ0v) is 13.0. The average molecular weight is 290 g/mol. The lowest BCUT2D eigenvalue weighted by molar-refractivity contribution is 0.0281. The third kappa shape index (κ3) is 4.46. The molecule has 1 fully saturated rings. The average Bonchev–Trinajstić information content (AvgIpc) is 2.67. The van der Waals surface area contributed by atoms with Crippen molar-refractivity contribution in [2.24, 2.45) is 0 Å². The summed E-state index contributed by atoms with van der Waals surface area (Å²) < 4.78 is 0. The predicted molar refractivity (Wildman–Crippen MR) is 85.6 cm³/mol. The zero-order valence-electron chi connectivity index (χ0n) is 13.0. The highest BCUT2D eigenvalue weighted by Crippen LogP contribution is 2.26. The van der Waals surface area contributed by atoms with Crippen LogP contribution in [0.25, 0.3) is 0 Å². The summed E-state index contributed by atoms with van der Waals surface area (Å²) in [5.41, 5.74) is 2.30. The lowest BCUT2D eigenvalue weighted by Gasteiger charge is -2.26. The molecule has 0 radical (unpaired) electrons. The largest absolute Gasteiger partial charge is 0.388 e. The maximum Gasteiger partial charge on any atom is 0.319 e. The number of aryl methyl sites for hydroxylation is 1. The Labute approximate surface area is 126 Å². The van der Waals surface area contributed by atoms with Crippen LogP contribution >= 0.6 is 0 Å². The Hall–Kier alpha value is -1.55. The smallest absolute Gasteiger partial charge is 0.319 e. The minimum absolute atomic E-state index is 0.249. The first-order valence-electron chi connectivity index (χ1n) is 7.84. The quantitative estimate of drug-likeness (QED) is 0.746. The van der Waals surface area contributed by atoms with Gasteiger partial charge in [0.1, 0.15) is 0 Å². The number of nitrogens with one attached hydrogen (secondary N) is 2. The van der Waals surface area contributed by atoms with Gasteiger partial charge in [-0.05, 0) is 43.9 Å². The fraction of sp³-hybridized carbons (Fsp3) is 0.588. The summed E-state index contributed by atoms with van der Waals surface area (Å²) >= 11 is 0. The molecule has 0 atom stereocenters. The van der Waals surface area contributed by atoms with Crippen LogP contribution in [0.4, 0.5) is 10.5 Å². The first-order valence-corrected chi connectivity index (χ1v) is 7.84. The van der Waals surface area contributed by atoms with Gasteiger partial charge in [0.15, 0.2) is 0 Å². The first kappa shape index (κ1) is 15.8. The maximum atomic E-state index is 12.0. The van der Waals surface area contributed by atoms with Gasteiger partial charge in [0.05, 0.1) is 5.60 Å². The lowest BCUT2D eigenvalue weighted by atomic mass is 9.94. The van der Waals surface area contributed by atoms with Gasteiger partial charge in [0, 0.05) is 12.2 Å². The minimum atomic E-state index is -0.741. The van der Waals surface area contributed by atoms with Gasteiger partial charge in [-0.25, -0.2) is 4.79 Å². The maximum absolute atomic E-state index is 12.0. The summed E-state index contributed by atoms with van der Waals surface area (Å²) in [5, 5.41) is 16.2. The number of rotatable bonds is 3. The molecule has 0 aliphatic heterocycles. The number of anilines is 1. The summed E-state index contributed by atoms with van der Waals surface area (Å²) in [7, 11) is 0. The number of urea groups is 1. The Kier molecular flexibility index (Phi) is 5.23. The molecule has 0 unspecified atom stereocenters. The number of carbonyl (C=O) groups excluding carboxylic acids is 1. The Bertz CT molecular complexity index is 492. The van der Waals surface area contributed by atoms with Gasteiger partial charge in [-0.2, -0.15) is 0 Å². The molecule has 4 nitrogen and oxygen atoms in total. The van der Waals surface area contributed by atoms with E-state index in [1.54, 1.807) is 0 Å². The van der Waals surface area contributed by atoms with Crippen LogP contribution in [0.15, 0.2) is 18.2 Å². The highest BCUT2D eigenvalue weighted by molar-refractivity contribution is 5.90. The summed E-state index contributed by atoms with van der Waals surface area (Å²) in [6.45, 7) is 4.33. The van der Waals surface area contributed by atoms with Crippen LogP contribution in [0.3, 0.4) is 0 Å². The van der Waals surface area contributed by atoms with Crippen molar-refractivity contribution in [2.75, 3.05) is 11.9 Å². The Morgan fingerprint density at radius 2 is 1.86 bits per heavy atom. The molecule has 116 valence electrons. The molecule has 0 heterocycles. The molecule has 1 aliphatic carbocycles. The van der Waals surface area contributed by atoms with Crippen molar-refractivity contribution < 1.29 is 9.90 Å². The number of hydrogen-bond acceptors (Lipinski definition) is 2. The fourth-order valence-electron chi connectivity index (χ4n) is 2.86. The second-order valence-corrected chi connectivity index (χ2v) is 6.19. The molecule has 1 saturated carbocycles. The van der Waals surface area contributed by atoms with Crippen LogP contribution in [-0.4, -0.2) is 23.3 Å². The first-order chi connectivity index (χ1) is 10.0. The Morgan fingerprint density at radius 3 is 2.52 bits per heavy atom. The van der Waals surface area contributed by atoms with Crippen molar-refractivity contribution >= 4 is 11.7 Å². The topological polar surface area (TPSA) is 61.4 Å². The van der Waals surface area contributed by atoms with Crippen molar-refractivity contribution in [2.45, 2.75) is 58.0 Å². The molecule has 2 rings (SSSR count). The third-order valence-corrected chi connectivity index (χ3v) is 4.47. The van der Waals surface area contributed by atoms with Crippen molar-refractivity contribution in [1.82, 2.24) is 5.32 Å². The molecule has 3 N–H and O–H groups in total. The molecule has 4 heteroatoms. The van der Waals surface area contributed by atoms with Gasteiger partial charge in [-0.3, -0.25) is 0 Å². The highest BCUT2D eigenvalue weighted by Gasteiger charge is 2.28. The van der Waals surface area contributed by atoms with E-state index in [1.807, 2.05) is 32.0 Å². The van der Waals surface area contributed by atoms with E-state index < -0.39 is 5.60 Å². The molecule has 0 bridgehead atoms. The molecule has 0 aromatic heterocycles. The van der Waals surface area contributed by atoms with E-state index in [-0.39, 0.29) is 6.03 Å². The molecule has 1 aliphatic rings. The van der Waals surface area contributed by atoms with E-state index in [4.69, 9.17) is 0 Å². The van der Waals surface area contributed by atoms with Gasteiger partial charge in [0.2, 0.25) is 0 Å². The van der Waals surface area contributed by atoms with E-state index in [1.165, 1.54) is 12.8 Å². The zero-order chi connectivity index (χ0) is 15.3. The molecular weight excluding hydrogens is 264 g/mol. The minimum Gasteiger partial charge on any atom is -0.388 e. The van der Waals surface area contributed by atoms with Crippen LogP contribution in [0.2, 0.25) is 0 Å². The van der Waals surface area contributed by atoms with Gasteiger partial charge in [-0.1, -0.05) is 37.8 Å². The van der Waals surface area contributed by atoms with Gasteiger partial charge >= 0.3 is 6.03 Å². The molecule has 0 saturated heterocycles. The van der Waals surface area contributed by atoms with Crippen LogP contribution < -0.4 is 10.6 Å². The fourth-order valence-corrected chi connectivity index (χ4v) is 2.86. The van der Waals surface area contributed by atoms with Crippen LogP contribution in [0.1, 0.15) is 49.7 Å². The second kappa shape index (κ2) is 6.94. The summed E-state index contributed by atoms with van der Waals surface area (Å²) in [5.74, 6) is 0. The second-order valence-electron chi connectivity index (χ2n) is 6.19. The third-order valence-electron chi connectivity index (χ3n) is 4.47. The van der Waals surface area contributed by atoms with E-state index in [0.29, 0.717) is 6.54 Å². The Balaban J connectivity index is 1.88. The number of aliphatic hydroxyl groups is 1. The van der Waals surface area contributed by atoms with Gasteiger partial charge in [0.25, 0.3) is 0 Å². The molecule has 1 aromatic rings. The SMILES string of the molecule is Cc1cccc(NC(=O)NCC2(O)CCCCCC2)c1C. The van der Waals surface area contributed by atoms with Crippen LogP contribution in [0.5, 0.6) is 0 Å². The molecule has 2 amide bonds. The Morgan fingerprint density at radius 1 is 1.19 bits per heavy atom. The summed E-state index contributed by atoms with van der Waals surface area (Å²) in [6, 6.07) is 5.59. The summed E-state index contributed by atoms with van der Waals surface area (Å²) in [6.07, 6.45) is 5.98. The van der Waals surface area contributed by atoms with E-state index in [9.17, 15) is 9.90 Å². The van der Waals surface area contributed by atoms with E-state index in [2.05, 4.69) is 10.6 Å². The normalized spacial score (nSPS) is 17.9. The van der Waals surface area contributed by atoms with Crippen molar-refractivity contribution in [1.29, 1.82) is 0 Å². The molecule has 1 aromatic carbocycles. The number of hydrogen-bond donors (Lipinski definition) is 3. The van der Waals surface area contributed by atoms with Gasteiger partial charge < -0.3 is 15.7 Å². The standard InChI is InChI=1S/C17H26N2O2/c1-13-8-7-9-15(14(13)2)19-16(20)18-12-17(21)10-5-3-4-6-11-17/h7-9,21H,3-6,10-12H2,1-2H3,(H2,18,19,20). The number of carbonyl (C=O) groups is 1. The molecule has 21 heavy (non-hydrogen) atoms. The molecular formula is C17H26N2O2. The molecule has 0 spiro atoms. The number of benzene rings is 1. The van der Waals surface area contributed by atoms with E-state index in [0.717, 1.165) is 42.5 Å². The highest BCUT2D eigenvalue weighted by atomic mass is 16.3. The van der Waals surface area contributed by atoms with Crippen molar-refractivity contribution in [3.05, 3.63) is 29.3 Å².